The molecule has 0 radical (unpaired) electrons. The molecule has 1 aliphatic rings. The molecule has 8 heteroatoms. The Morgan fingerprint density at radius 1 is 1.35 bits per heavy atom. The van der Waals surface area contributed by atoms with Gasteiger partial charge in [-0.2, -0.15) is 13.2 Å². The van der Waals surface area contributed by atoms with Crippen LogP contribution in [0.2, 0.25) is 0 Å². The summed E-state index contributed by atoms with van der Waals surface area (Å²) in [5.41, 5.74) is 8.07. The highest BCUT2D eigenvalue weighted by molar-refractivity contribution is 5.78. The first-order valence-electron chi connectivity index (χ1n) is 6.80. The lowest BCUT2D eigenvalue weighted by Crippen LogP contribution is -2.37. The third-order valence-corrected chi connectivity index (χ3v) is 3.56. The van der Waals surface area contributed by atoms with E-state index >= 15 is 0 Å². The van der Waals surface area contributed by atoms with Gasteiger partial charge in [0.2, 0.25) is 5.91 Å². The van der Waals surface area contributed by atoms with Crippen LogP contribution in [-0.2, 0) is 4.79 Å². The van der Waals surface area contributed by atoms with E-state index in [1.54, 1.807) is 0 Å². The summed E-state index contributed by atoms with van der Waals surface area (Å²) < 4.78 is 37.9. The maximum absolute atomic E-state index is 12.6. The van der Waals surface area contributed by atoms with Crippen LogP contribution in [0.15, 0.2) is 5.11 Å². The van der Waals surface area contributed by atoms with Gasteiger partial charge in [0, 0.05) is 23.9 Å². The molecule has 2 atom stereocenters. The molecule has 0 aliphatic heterocycles. The number of amides is 1. The van der Waals surface area contributed by atoms with E-state index in [2.05, 4.69) is 15.3 Å². The standard InChI is InChI=1S/C12H19F3N4O/c13-12(14,15)10-5-3-4-9(8-10)11(20)17-6-1-2-7-18-19-16/h9-10H,1-8H2,(H,17,20). The SMILES string of the molecule is [N-]=[N+]=NCCCCNC(=O)C1CCCC(C(F)(F)F)C1. The summed E-state index contributed by atoms with van der Waals surface area (Å²) in [6.45, 7) is 0.777. The van der Waals surface area contributed by atoms with E-state index in [4.69, 9.17) is 5.53 Å². The monoisotopic (exact) mass is 292 g/mol. The van der Waals surface area contributed by atoms with Crippen LogP contribution in [0, 0.1) is 11.8 Å². The van der Waals surface area contributed by atoms with Gasteiger partial charge in [-0.1, -0.05) is 11.5 Å². The maximum Gasteiger partial charge on any atom is 0.391 e. The van der Waals surface area contributed by atoms with Crippen molar-refractivity contribution in [2.45, 2.75) is 44.7 Å². The number of nitrogens with zero attached hydrogens (tertiary/aromatic N) is 3. The lowest BCUT2D eigenvalue weighted by Gasteiger charge is -2.29. The Hall–Kier alpha value is -1.43. The molecule has 0 spiro atoms. The van der Waals surface area contributed by atoms with Crippen LogP contribution in [0.1, 0.15) is 38.5 Å². The second-order valence-electron chi connectivity index (χ2n) is 5.05. The van der Waals surface area contributed by atoms with Gasteiger partial charge in [0.15, 0.2) is 0 Å². The third-order valence-electron chi connectivity index (χ3n) is 3.56. The van der Waals surface area contributed by atoms with Crippen molar-refractivity contribution in [1.29, 1.82) is 0 Å². The number of nitrogens with one attached hydrogen (secondary N) is 1. The number of hydrogen-bond acceptors (Lipinski definition) is 2. The van der Waals surface area contributed by atoms with Crippen LogP contribution in [0.5, 0.6) is 0 Å². The summed E-state index contributed by atoms with van der Waals surface area (Å²) >= 11 is 0. The number of alkyl halides is 3. The van der Waals surface area contributed by atoms with Crippen molar-refractivity contribution in [1.82, 2.24) is 5.32 Å². The largest absolute Gasteiger partial charge is 0.391 e. The zero-order valence-electron chi connectivity index (χ0n) is 11.2. The first kappa shape index (κ1) is 16.6. The highest BCUT2D eigenvalue weighted by Gasteiger charge is 2.43. The predicted molar refractivity (Wildman–Crippen MR) is 67.8 cm³/mol. The van der Waals surface area contributed by atoms with Gasteiger partial charge < -0.3 is 5.32 Å². The molecule has 1 fully saturated rings. The van der Waals surface area contributed by atoms with Crippen molar-refractivity contribution >= 4 is 5.91 Å². The maximum atomic E-state index is 12.6. The van der Waals surface area contributed by atoms with Gasteiger partial charge in [-0.05, 0) is 37.6 Å². The van der Waals surface area contributed by atoms with Gasteiger partial charge >= 0.3 is 6.18 Å². The van der Waals surface area contributed by atoms with Gasteiger partial charge in [0.1, 0.15) is 0 Å². The molecule has 0 heterocycles. The van der Waals surface area contributed by atoms with Crippen LogP contribution < -0.4 is 5.32 Å². The van der Waals surface area contributed by atoms with Crippen molar-refractivity contribution in [3.05, 3.63) is 10.4 Å². The molecule has 1 amide bonds. The number of carbonyl (C=O) groups excluding carboxylic acids is 1. The van der Waals surface area contributed by atoms with Crippen molar-refractivity contribution in [2.75, 3.05) is 13.1 Å². The first-order chi connectivity index (χ1) is 9.45. The quantitative estimate of drug-likeness (QED) is 0.345. The number of azide groups is 1. The van der Waals surface area contributed by atoms with Gasteiger partial charge in [0.05, 0.1) is 5.92 Å². The van der Waals surface area contributed by atoms with E-state index < -0.39 is 18.0 Å². The highest BCUT2D eigenvalue weighted by atomic mass is 19.4. The molecule has 2 unspecified atom stereocenters. The number of rotatable bonds is 6. The topological polar surface area (TPSA) is 77.9 Å². The van der Waals surface area contributed by atoms with Gasteiger partial charge in [-0.3, -0.25) is 4.79 Å². The second-order valence-corrected chi connectivity index (χ2v) is 5.05. The van der Waals surface area contributed by atoms with E-state index in [1.165, 1.54) is 0 Å². The minimum atomic E-state index is -4.20. The molecule has 1 saturated carbocycles. The molecule has 20 heavy (non-hydrogen) atoms. The molecule has 0 aromatic heterocycles. The Morgan fingerprint density at radius 2 is 2.10 bits per heavy atom. The predicted octanol–water partition coefficient (Wildman–Crippen LogP) is 3.56. The zero-order chi connectivity index (χ0) is 15.0. The van der Waals surface area contributed by atoms with Crippen LogP contribution >= 0.6 is 0 Å². The van der Waals surface area contributed by atoms with Crippen molar-refractivity contribution < 1.29 is 18.0 Å². The number of carbonyl (C=O) groups is 1. The van der Waals surface area contributed by atoms with Crippen LogP contribution in [0.25, 0.3) is 10.4 Å². The van der Waals surface area contributed by atoms with Crippen LogP contribution in [0.4, 0.5) is 13.2 Å². The lowest BCUT2D eigenvalue weighted by molar-refractivity contribution is -0.186. The van der Waals surface area contributed by atoms with E-state index in [1.807, 2.05) is 0 Å². The Kier molecular flexibility index (Phi) is 6.64. The highest BCUT2D eigenvalue weighted by Crippen LogP contribution is 2.39. The van der Waals surface area contributed by atoms with Crippen molar-refractivity contribution in [3.63, 3.8) is 0 Å². The normalized spacial score (nSPS) is 22.9. The fraction of sp³-hybridized carbons (Fsp3) is 0.917. The van der Waals surface area contributed by atoms with Crippen molar-refractivity contribution in [3.8, 4) is 0 Å². The first-order valence-corrected chi connectivity index (χ1v) is 6.80. The number of hydrogen-bond donors (Lipinski definition) is 1. The molecule has 1 aliphatic carbocycles. The molecular weight excluding hydrogens is 273 g/mol. The summed E-state index contributed by atoms with van der Waals surface area (Å²) in [7, 11) is 0. The molecule has 1 rings (SSSR count). The average Bonchev–Trinajstić information content (AvgIpc) is 2.41. The molecule has 114 valence electrons. The van der Waals surface area contributed by atoms with Crippen molar-refractivity contribution in [2.24, 2.45) is 17.0 Å². The zero-order valence-corrected chi connectivity index (χ0v) is 11.2. The summed E-state index contributed by atoms with van der Waals surface area (Å²) in [5.74, 6) is -2.17. The molecule has 5 nitrogen and oxygen atoms in total. The Balaban J connectivity index is 2.27. The minimum absolute atomic E-state index is 0.103. The smallest absolute Gasteiger partial charge is 0.356 e. The molecule has 0 saturated heterocycles. The summed E-state index contributed by atoms with van der Waals surface area (Å²) in [6.07, 6.45) is -1.90. The molecule has 0 bridgehead atoms. The van der Waals surface area contributed by atoms with Gasteiger partial charge in [-0.25, -0.2) is 0 Å². The Bertz CT molecular complexity index is 366. The van der Waals surface area contributed by atoms with Crippen LogP contribution in [-0.4, -0.2) is 25.2 Å². The van der Waals surface area contributed by atoms with Gasteiger partial charge in [0.25, 0.3) is 0 Å². The fourth-order valence-corrected chi connectivity index (χ4v) is 2.43. The average molecular weight is 292 g/mol. The third kappa shape index (κ3) is 5.69. The van der Waals surface area contributed by atoms with Crippen LogP contribution in [0.3, 0.4) is 0 Å². The molecule has 1 N–H and O–H groups in total. The lowest BCUT2D eigenvalue weighted by atomic mass is 9.80. The van der Waals surface area contributed by atoms with E-state index in [9.17, 15) is 18.0 Å². The molecule has 0 aromatic rings. The van der Waals surface area contributed by atoms with Gasteiger partial charge in [-0.15, -0.1) is 0 Å². The van der Waals surface area contributed by atoms with E-state index in [0.29, 0.717) is 38.8 Å². The Labute approximate surface area is 115 Å². The summed E-state index contributed by atoms with van der Waals surface area (Å²) in [4.78, 5) is 14.4. The Morgan fingerprint density at radius 3 is 2.75 bits per heavy atom. The fourth-order valence-electron chi connectivity index (χ4n) is 2.43. The number of unbranched alkanes of at least 4 members (excludes halogenated alkanes) is 1. The second kappa shape index (κ2) is 7.99. The number of halogens is 3. The summed E-state index contributed by atoms with van der Waals surface area (Å²) in [5, 5.41) is 6.02. The molecule has 0 aromatic carbocycles. The minimum Gasteiger partial charge on any atom is -0.356 e. The van der Waals surface area contributed by atoms with E-state index in [-0.39, 0.29) is 18.7 Å². The summed E-state index contributed by atoms with van der Waals surface area (Å²) in [6, 6.07) is 0. The molecular formula is C12H19F3N4O. The van der Waals surface area contributed by atoms with E-state index in [0.717, 1.165) is 0 Å².